The minimum atomic E-state index is 0.286. The van der Waals surface area contributed by atoms with E-state index in [1.165, 1.54) is 12.8 Å². The maximum Gasteiger partial charge on any atom is 0.348 e. The summed E-state index contributed by atoms with van der Waals surface area (Å²) in [6.07, 6.45) is 5.46. The molecule has 0 radical (unpaired) electrons. The van der Waals surface area contributed by atoms with Crippen molar-refractivity contribution in [3.05, 3.63) is 36.0 Å². The van der Waals surface area contributed by atoms with E-state index in [0.29, 0.717) is 21.4 Å². The van der Waals surface area contributed by atoms with Gasteiger partial charge in [0, 0.05) is 35.4 Å². The van der Waals surface area contributed by atoms with Crippen LogP contribution < -0.4 is 0 Å². The quantitative estimate of drug-likeness (QED) is 0.780. The zero-order valence-corrected chi connectivity index (χ0v) is 14.6. The van der Waals surface area contributed by atoms with E-state index >= 15 is 0 Å². The van der Waals surface area contributed by atoms with Gasteiger partial charge in [-0.3, -0.25) is 4.48 Å². The van der Waals surface area contributed by atoms with Crippen LogP contribution in [0.15, 0.2) is 30.5 Å². The van der Waals surface area contributed by atoms with Crippen molar-refractivity contribution in [2.24, 2.45) is 10.8 Å². The number of nitrogens with one attached hydrogen (secondary N) is 1. The molecule has 23 heavy (non-hydrogen) atoms. The van der Waals surface area contributed by atoms with Crippen LogP contribution in [0.1, 0.15) is 50.4 Å². The topological polar surface area (TPSA) is 32.9 Å². The Hall–Kier alpha value is -1.61. The molecule has 1 saturated heterocycles. The third-order valence-corrected chi connectivity index (χ3v) is 6.22. The van der Waals surface area contributed by atoms with Crippen LogP contribution in [0.4, 0.5) is 0 Å². The Balaban J connectivity index is 1.76. The zero-order valence-electron chi connectivity index (χ0n) is 14.6. The summed E-state index contributed by atoms with van der Waals surface area (Å²) in [6.45, 7) is 8.08. The fourth-order valence-corrected chi connectivity index (χ4v) is 5.79. The highest BCUT2D eigenvalue weighted by Gasteiger charge is 2.60. The normalized spacial score (nSPS) is 35.6. The Morgan fingerprint density at radius 2 is 1.96 bits per heavy atom. The Bertz CT molecular complexity index is 790. The third-order valence-electron chi connectivity index (χ3n) is 6.22. The molecule has 3 atom stereocenters. The van der Waals surface area contributed by atoms with Gasteiger partial charge in [0.1, 0.15) is 5.56 Å². The zero-order chi connectivity index (χ0) is 16.5. The van der Waals surface area contributed by atoms with Crippen LogP contribution in [-0.4, -0.2) is 35.0 Å². The molecule has 1 N–H and O–H groups in total. The number of aromatic nitrogens is 1. The maximum atomic E-state index is 13.5. The second-order valence-electron chi connectivity index (χ2n) is 9.19. The Morgan fingerprint density at radius 1 is 1.22 bits per heavy atom. The molecule has 2 bridgehead atoms. The summed E-state index contributed by atoms with van der Waals surface area (Å²) in [5.74, 6) is 0.286. The van der Waals surface area contributed by atoms with Gasteiger partial charge in [0.2, 0.25) is 0 Å². The number of quaternary nitrogens is 1. The number of H-pyrrole nitrogens is 1. The molecule has 3 heteroatoms. The summed E-state index contributed by atoms with van der Waals surface area (Å²) in [7, 11) is 2.17. The lowest BCUT2D eigenvalue weighted by Crippen LogP contribution is -2.53. The van der Waals surface area contributed by atoms with Crippen molar-refractivity contribution in [3.8, 4) is 0 Å². The van der Waals surface area contributed by atoms with Gasteiger partial charge in [0.05, 0.1) is 19.6 Å². The molecular formula is C20H27N2O+. The third kappa shape index (κ3) is 2.17. The molecule has 1 saturated carbocycles. The summed E-state index contributed by atoms with van der Waals surface area (Å²) >= 11 is 0. The molecule has 1 aromatic carbocycles. The van der Waals surface area contributed by atoms with Gasteiger partial charge < -0.3 is 4.98 Å². The second kappa shape index (κ2) is 4.47. The Kier molecular flexibility index (Phi) is 2.91. The minimum Gasteiger partial charge on any atom is -0.360 e. The predicted octanol–water partition coefficient (Wildman–Crippen LogP) is 4.35. The SMILES string of the molecule is CC1(C)CC2CC(C)(C1)C[N+]2(C)C(=O)c1c[nH]c2ccccc12. The highest BCUT2D eigenvalue weighted by Crippen LogP contribution is 2.55. The number of fused-ring (bicyclic) bond motifs is 3. The lowest BCUT2D eigenvalue weighted by molar-refractivity contribution is -0.843. The molecule has 2 aliphatic rings. The van der Waals surface area contributed by atoms with Crippen molar-refractivity contribution in [1.82, 2.24) is 4.98 Å². The van der Waals surface area contributed by atoms with Gasteiger partial charge in [0.15, 0.2) is 0 Å². The van der Waals surface area contributed by atoms with E-state index in [1.54, 1.807) is 0 Å². The molecule has 1 aromatic heterocycles. The van der Waals surface area contributed by atoms with E-state index in [0.717, 1.165) is 29.4 Å². The summed E-state index contributed by atoms with van der Waals surface area (Å²) in [5.41, 5.74) is 2.55. The molecule has 122 valence electrons. The van der Waals surface area contributed by atoms with Gasteiger partial charge in [0.25, 0.3) is 0 Å². The van der Waals surface area contributed by atoms with Crippen LogP contribution in [0.25, 0.3) is 10.9 Å². The minimum absolute atomic E-state index is 0.286. The highest BCUT2D eigenvalue weighted by molar-refractivity contribution is 6.03. The molecule has 2 fully saturated rings. The van der Waals surface area contributed by atoms with Gasteiger partial charge in [-0.2, -0.15) is 0 Å². The lowest BCUT2D eigenvalue weighted by atomic mass is 9.65. The number of carbonyl (C=O) groups excluding carboxylic acids is 1. The average Bonchev–Trinajstić information content (AvgIpc) is 2.95. The van der Waals surface area contributed by atoms with Gasteiger partial charge in [-0.05, 0) is 17.9 Å². The summed E-state index contributed by atoms with van der Waals surface area (Å²) in [5, 5.41) is 1.06. The van der Waals surface area contributed by atoms with Gasteiger partial charge >= 0.3 is 5.91 Å². The van der Waals surface area contributed by atoms with Crippen LogP contribution in [0, 0.1) is 10.8 Å². The molecule has 2 aromatic rings. The predicted molar refractivity (Wildman–Crippen MR) is 93.2 cm³/mol. The fourth-order valence-electron chi connectivity index (χ4n) is 5.79. The number of para-hydroxylation sites is 1. The number of carbonyl (C=O) groups is 1. The van der Waals surface area contributed by atoms with Crippen LogP contribution in [0.3, 0.4) is 0 Å². The van der Waals surface area contributed by atoms with Crippen LogP contribution in [0.2, 0.25) is 0 Å². The number of amides is 1. The van der Waals surface area contributed by atoms with Gasteiger partial charge in [-0.15, -0.1) is 0 Å². The van der Waals surface area contributed by atoms with Gasteiger partial charge in [-0.25, -0.2) is 4.79 Å². The summed E-state index contributed by atoms with van der Waals surface area (Å²) in [4.78, 5) is 16.8. The van der Waals surface area contributed by atoms with E-state index in [4.69, 9.17) is 0 Å². The van der Waals surface area contributed by atoms with E-state index in [-0.39, 0.29) is 5.91 Å². The lowest BCUT2D eigenvalue weighted by Gasteiger charge is -2.38. The van der Waals surface area contributed by atoms with E-state index in [2.05, 4.69) is 38.9 Å². The van der Waals surface area contributed by atoms with Crippen LogP contribution in [-0.2, 0) is 0 Å². The van der Waals surface area contributed by atoms with Crippen molar-refractivity contribution in [1.29, 1.82) is 0 Å². The molecule has 4 rings (SSSR count). The van der Waals surface area contributed by atoms with Crippen molar-refractivity contribution in [3.63, 3.8) is 0 Å². The number of nitrogens with zero attached hydrogens (tertiary/aromatic N) is 1. The largest absolute Gasteiger partial charge is 0.360 e. The number of hydrogen-bond acceptors (Lipinski definition) is 1. The first-order valence-corrected chi connectivity index (χ1v) is 8.69. The van der Waals surface area contributed by atoms with Crippen molar-refractivity contribution < 1.29 is 9.28 Å². The van der Waals surface area contributed by atoms with E-state index < -0.39 is 0 Å². The number of aromatic amines is 1. The Morgan fingerprint density at radius 3 is 2.74 bits per heavy atom. The van der Waals surface area contributed by atoms with Crippen LogP contribution >= 0.6 is 0 Å². The first-order valence-electron chi connectivity index (χ1n) is 8.69. The molecule has 1 aliphatic carbocycles. The standard InChI is InChI=1S/C20H26N2O/c1-19(2)9-14-10-20(3,12-19)13-22(14,4)18(23)16-11-21-17-8-6-5-7-15(16)17/h5-8,11,14H,9-10,12-13H2,1-4H3/p+1. The first-order chi connectivity index (χ1) is 10.7. The second-order valence-corrected chi connectivity index (χ2v) is 9.19. The molecule has 3 unspecified atom stereocenters. The Labute approximate surface area is 138 Å². The summed E-state index contributed by atoms with van der Waals surface area (Å²) in [6, 6.07) is 8.57. The molecule has 2 heterocycles. The highest BCUT2D eigenvalue weighted by atomic mass is 16.2. The number of rotatable bonds is 1. The molecule has 0 spiro atoms. The number of benzene rings is 1. The maximum absolute atomic E-state index is 13.5. The molecular weight excluding hydrogens is 284 g/mol. The van der Waals surface area contributed by atoms with E-state index in [1.807, 2.05) is 24.4 Å². The number of likely N-dealkylation sites (tertiary alicyclic amines) is 1. The first kappa shape index (κ1) is 14.9. The average molecular weight is 311 g/mol. The van der Waals surface area contributed by atoms with Gasteiger partial charge in [-0.1, -0.05) is 39.0 Å². The molecule has 1 amide bonds. The van der Waals surface area contributed by atoms with Crippen molar-refractivity contribution in [2.45, 2.75) is 46.1 Å². The monoisotopic (exact) mass is 311 g/mol. The van der Waals surface area contributed by atoms with Crippen molar-refractivity contribution >= 4 is 16.8 Å². The molecule has 1 aliphatic heterocycles. The summed E-state index contributed by atoms with van der Waals surface area (Å²) < 4.78 is 0.571. The van der Waals surface area contributed by atoms with Crippen molar-refractivity contribution in [2.75, 3.05) is 13.6 Å². The number of hydrogen-bond donors (Lipinski definition) is 1. The smallest absolute Gasteiger partial charge is 0.348 e. The molecule has 3 nitrogen and oxygen atoms in total. The van der Waals surface area contributed by atoms with E-state index in [9.17, 15) is 4.79 Å². The fraction of sp³-hybridized carbons (Fsp3) is 0.550. The van der Waals surface area contributed by atoms with Crippen LogP contribution in [0.5, 0.6) is 0 Å².